The predicted molar refractivity (Wildman–Crippen MR) is 63.1 cm³/mol. The lowest BCUT2D eigenvalue weighted by atomic mass is 10.2. The van der Waals surface area contributed by atoms with Crippen LogP contribution in [-0.2, 0) is 4.79 Å². The summed E-state index contributed by atoms with van der Waals surface area (Å²) in [7, 11) is 1.55. The first kappa shape index (κ1) is 11.3. The Hall–Kier alpha value is -2.24. The van der Waals surface area contributed by atoms with E-state index in [4.69, 9.17) is 10.5 Å². The Kier molecular flexibility index (Phi) is 2.63. The van der Waals surface area contributed by atoms with Gasteiger partial charge in [0.15, 0.2) is 6.10 Å². The molecule has 1 unspecified atom stereocenters. The smallest absolute Gasteiger partial charge is 0.318 e. The number of ether oxygens (including phenoxy) is 1. The van der Waals surface area contributed by atoms with Gasteiger partial charge in [-0.05, 0) is 25.1 Å². The molecule has 0 saturated heterocycles. The SMILES string of the molecule is CC1Oc2ccc(N(C)C(N)=O)cc2NC1=O. The highest BCUT2D eigenvalue weighted by molar-refractivity contribution is 5.99. The van der Waals surface area contributed by atoms with Gasteiger partial charge in [-0.2, -0.15) is 0 Å². The fourth-order valence-electron chi connectivity index (χ4n) is 1.53. The van der Waals surface area contributed by atoms with Gasteiger partial charge in [0.2, 0.25) is 0 Å². The lowest BCUT2D eigenvalue weighted by Crippen LogP contribution is -2.35. The first-order chi connectivity index (χ1) is 7.99. The molecular formula is C11H13N3O3. The predicted octanol–water partition coefficient (Wildman–Crippen LogP) is 0.921. The van der Waals surface area contributed by atoms with E-state index < -0.39 is 12.1 Å². The summed E-state index contributed by atoms with van der Waals surface area (Å²) in [5.74, 6) is 0.370. The number of benzene rings is 1. The van der Waals surface area contributed by atoms with Gasteiger partial charge in [0.05, 0.1) is 5.69 Å². The van der Waals surface area contributed by atoms with Crippen molar-refractivity contribution in [2.75, 3.05) is 17.3 Å². The molecule has 0 saturated carbocycles. The van der Waals surface area contributed by atoms with Gasteiger partial charge in [0.1, 0.15) is 5.75 Å². The number of nitrogens with two attached hydrogens (primary N) is 1. The van der Waals surface area contributed by atoms with E-state index in [0.717, 1.165) is 0 Å². The summed E-state index contributed by atoms with van der Waals surface area (Å²) in [5, 5.41) is 2.70. The van der Waals surface area contributed by atoms with Crippen molar-refractivity contribution in [1.82, 2.24) is 0 Å². The van der Waals surface area contributed by atoms with E-state index >= 15 is 0 Å². The molecular weight excluding hydrogens is 222 g/mol. The van der Waals surface area contributed by atoms with E-state index in [0.29, 0.717) is 17.1 Å². The van der Waals surface area contributed by atoms with Crippen LogP contribution in [0.2, 0.25) is 0 Å². The molecule has 3 amide bonds. The number of nitrogens with one attached hydrogen (secondary N) is 1. The summed E-state index contributed by atoms with van der Waals surface area (Å²) in [6.45, 7) is 1.67. The third-order valence-corrected chi connectivity index (χ3v) is 2.61. The third kappa shape index (κ3) is 2.01. The Balaban J connectivity index is 2.35. The topological polar surface area (TPSA) is 84.7 Å². The van der Waals surface area contributed by atoms with Gasteiger partial charge in [0, 0.05) is 12.7 Å². The van der Waals surface area contributed by atoms with Crippen LogP contribution in [0.15, 0.2) is 18.2 Å². The number of hydrogen-bond donors (Lipinski definition) is 2. The molecule has 6 nitrogen and oxygen atoms in total. The molecule has 0 spiro atoms. The molecule has 2 rings (SSSR count). The number of rotatable bonds is 1. The van der Waals surface area contributed by atoms with Crippen molar-refractivity contribution in [2.24, 2.45) is 5.73 Å². The maximum atomic E-state index is 11.4. The lowest BCUT2D eigenvalue weighted by molar-refractivity contribution is -0.122. The van der Waals surface area contributed by atoms with Gasteiger partial charge in [-0.15, -0.1) is 0 Å². The van der Waals surface area contributed by atoms with Crippen LogP contribution in [0, 0.1) is 0 Å². The zero-order chi connectivity index (χ0) is 12.6. The highest BCUT2D eigenvalue weighted by atomic mass is 16.5. The minimum atomic E-state index is -0.568. The minimum absolute atomic E-state index is 0.212. The Morgan fingerprint density at radius 2 is 2.24 bits per heavy atom. The summed E-state index contributed by atoms with van der Waals surface area (Å²) >= 11 is 0. The molecule has 1 aromatic carbocycles. The van der Waals surface area contributed by atoms with E-state index in [2.05, 4.69) is 5.32 Å². The summed E-state index contributed by atoms with van der Waals surface area (Å²) in [5.41, 5.74) is 6.29. The average molecular weight is 235 g/mol. The molecule has 17 heavy (non-hydrogen) atoms. The Morgan fingerprint density at radius 1 is 1.53 bits per heavy atom. The minimum Gasteiger partial charge on any atom is -0.479 e. The van der Waals surface area contributed by atoms with Gasteiger partial charge in [0.25, 0.3) is 5.91 Å². The first-order valence-corrected chi connectivity index (χ1v) is 5.14. The molecule has 3 N–H and O–H groups in total. The molecule has 1 atom stereocenters. The van der Waals surface area contributed by atoms with Gasteiger partial charge in [-0.3, -0.25) is 9.69 Å². The van der Waals surface area contributed by atoms with Crippen molar-refractivity contribution in [3.8, 4) is 5.75 Å². The number of primary amides is 1. The Labute approximate surface area is 98.3 Å². The Bertz CT molecular complexity index is 487. The summed E-state index contributed by atoms with van der Waals surface area (Å²) in [6.07, 6.45) is -0.512. The maximum absolute atomic E-state index is 11.4. The van der Waals surface area contributed by atoms with E-state index in [-0.39, 0.29) is 5.91 Å². The average Bonchev–Trinajstić information content (AvgIpc) is 2.29. The zero-order valence-electron chi connectivity index (χ0n) is 9.56. The summed E-state index contributed by atoms with van der Waals surface area (Å²) < 4.78 is 5.39. The van der Waals surface area contributed by atoms with Gasteiger partial charge >= 0.3 is 6.03 Å². The molecule has 0 bridgehead atoms. The molecule has 90 valence electrons. The number of nitrogens with zero attached hydrogens (tertiary/aromatic N) is 1. The monoisotopic (exact) mass is 235 g/mol. The standard InChI is InChI=1S/C11H13N3O3/c1-6-10(15)13-8-5-7(14(2)11(12)16)3-4-9(8)17-6/h3-6H,1-2H3,(H2,12,16)(H,13,15). The number of carbonyl (C=O) groups is 2. The molecule has 6 heteroatoms. The van der Waals surface area contributed by atoms with Crippen LogP contribution in [0.3, 0.4) is 0 Å². The van der Waals surface area contributed by atoms with Crippen molar-refractivity contribution >= 4 is 23.3 Å². The summed E-state index contributed by atoms with van der Waals surface area (Å²) in [4.78, 5) is 23.7. The normalized spacial score (nSPS) is 17.8. The summed E-state index contributed by atoms with van der Waals surface area (Å²) in [6, 6.07) is 4.47. The van der Waals surface area contributed by atoms with E-state index in [1.54, 1.807) is 32.2 Å². The molecule has 0 fully saturated rings. The van der Waals surface area contributed by atoms with Crippen molar-refractivity contribution < 1.29 is 14.3 Å². The third-order valence-electron chi connectivity index (χ3n) is 2.61. The van der Waals surface area contributed by atoms with Crippen LogP contribution < -0.4 is 20.7 Å². The molecule has 1 aliphatic rings. The van der Waals surface area contributed by atoms with E-state index in [1.807, 2.05) is 0 Å². The highest BCUT2D eigenvalue weighted by Gasteiger charge is 2.24. The number of amides is 3. The van der Waals surface area contributed by atoms with Crippen LogP contribution in [0.1, 0.15) is 6.92 Å². The van der Waals surface area contributed by atoms with Crippen molar-refractivity contribution in [3.05, 3.63) is 18.2 Å². The molecule has 0 radical (unpaired) electrons. The van der Waals surface area contributed by atoms with Crippen molar-refractivity contribution in [3.63, 3.8) is 0 Å². The Morgan fingerprint density at radius 3 is 2.88 bits per heavy atom. The quantitative estimate of drug-likeness (QED) is 0.759. The molecule has 1 heterocycles. The number of hydrogen-bond acceptors (Lipinski definition) is 3. The second kappa shape index (κ2) is 3.97. The van der Waals surface area contributed by atoms with E-state index in [1.165, 1.54) is 4.90 Å². The van der Waals surface area contributed by atoms with Crippen LogP contribution in [-0.4, -0.2) is 25.1 Å². The highest BCUT2D eigenvalue weighted by Crippen LogP contribution is 2.33. The second-order valence-electron chi connectivity index (χ2n) is 3.83. The van der Waals surface area contributed by atoms with Crippen LogP contribution >= 0.6 is 0 Å². The lowest BCUT2D eigenvalue weighted by Gasteiger charge is -2.25. The van der Waals surface area contributed by atoms with Crippen LogP contribution in [0.25, 0.3) is 0 Å². The molecule has 1 aromatic rings. The number of carbonyl (C=O) groups excluding carboxylic acids is 2. The van der Waals surface area contributed by atoms with Crippen LogP contribution in [0.5, 0.6) is 5.75 Å². The van der Waals surface area contributed by atoms with Crippen molar-refractivity contribution in [1.29, 1.82) is 0 Å². The largest absolute Gasteiger partial charge is 0.479 e. The van der Waals surface area contributed by atoms with Gasteiger partial charge < -0.3 is 15.8 Å². The zero-order valence-corrected chi connectivity index (χ0v) is 9.56. The fraction of sp³-hybridized carbons (Fsp3) is 0.273. The fourth-order valence-corrected chi connectivity index (χ4v) is 1.53. The first-order valence-electron chi connectivity index (χ1n) is 5.14. The van der Waals surface area contributed by atoms with Crippen LogP contribution in [0.4, 0.5) is 16.2 Å². The molecule has 0 aliphatic carbocycles. The maximum Gasteiger partial charge on any atom is 0.318 e. The number of urea groups is 1. The van der Waals surface area contributed by atoms with Crippen molar-refractivity contribution in [2.45, 2.75) is 13.0 Å². The van der Waals surface area contributed by atoms with Gasteiger partial charge in [-0.25, -0.2) is 4.79 Å². The number of fused-ring (bicyclic) bond motifs is 1. The van der Waals surface area contributed by atoms with Gasteiger partial charge in [-0.1, -0.05) is 0 Å². The second-order valence-corrected chi connectivity index (χ2v) is 3.83. The number of anilines is 2. The molecule has 0 aromatic heterocycles. The van der Waals surface area contributed by atoms with E-state index in [9.17, 15) is 9.59 Å². The molecule has 1 aliphatic heterocycles.